The zero-order valence-electron chi connectivity index (χ0n) is 8.95. The maximum absolute atomic E-state index is 13.7. The highest BCUT2D eigenvalue weighted by atomic mass is 35.6. The van der Waals surface area contributed by atoms with E-state index in [0.29, 0.717) is 5.69 Å². The lowest BCUT2D eigenvalue weighted by molar-refractivity contribution is 0.603. The summed E-state index contributed by atoms with van der Waals surface area (Å²) < 4.78 is 13.1. The van der Waals surface area contributed by atoms with Gasteiger partial charge in [0.2, 0.25) is 3.79 Å². The number of nitrogens with two attached hydrogens (primary N) is 1. The Morgan fingerprint density at radius 2 is 1.94 bits per heavy atom. The van der Waals surface area contributed by atoms with Crippen molar-refractivity contribution in [2.24, 2.45) is 5.73 Å². The number of benzene rings is 1. The van der Waals surface area contributed by atoms with E-state index in [1.54, 1.807) is 12.1 Å². The summed E-state index contributed by atoms with van der Waals surface area (Å²) in [5.41, 5.74) is 6.08. The van der Waals surface area contributed by atoms with Gasteiger partial charge in [-0.05, 0) is 12.1 Å². The second-order valence-electron chi connectivity index (χ2n) is 3.45. The van der Waals surface area contributed by atoms with Crippen LogP contribution in [0.5, 0.6) is 0 Å². The summed E-state index contributed by atoms with van der Waals surface area (Å²) in [4.78, 5) is 0. The van der Waals surface area contributed by atoms with E-state index < -0.39 is 9.61 Å². The molecule has 0 aliphatic rings. The third-order valence-corrected chi connectivity index (χ3v) is 2.82. The van der Waals surface area contributed by atoms with Crippen molar-refractivity contribution in [1.29, 1.82) is 0 Å². The molecule has 96 valence electrons. The van der Waals surface area contributed by atoms with E-state index >= 15 is 0 Å². The van der Waals surface area contributed by atoms with Crippen LogP contribution in [0.1, 0.15) is 11.4 Å². The van der Waals surface area contributed by atoms with Gasteiger partial charge in [-0.25, -0.2) is 9.07 Å². The fraction of sp³-hybridized carbons (Fsp3) is 0.200. The molecule has 0 saturated heterocycles. The number of hydrogen-bond donors (Lipinski definition) is 1. The van der Waals surface area contributed by atoms with Crippen LogP contribution in [0.4, 0.5) is 4.39 Å². The molecule has 1 aromatic heterocycles. The number of halogens is 4. The molecule has 0 saturated carbocycles. The van der Waals surface area contributed by atoms with E-state index in [-0.39, 0.29) is 17.9 Å². The molecule has 0 fully saturated rings. The van der Waals surface area contributed by atoms with Crippen molar-refractivity contribution in [3.05, 3.63) is 41.5 Å². The molecule has 0 spiro atoms. The standard InChI is InChI=1S/C10H8Cl3FN4/c11-10(12,13)9-7(5-15)16-17-18(9)8-4-2-1-3-6(8)14/h1-4H,5,15H2. The number of para-hydroxylation sites is 1. The Hall–Kier alpha value is -0.880. The molecule has 0 amide bonds. The van der Waals surface area contributed by atoms with Gasteiger partial charge >= 0.3 is 0 Å². The van der Waals surface area contributed by atoms with Crippen LogP contribution in [0, 0.1) is 5.82 Å². The maximum atomic E-state index is 13.7. The number of nitrogens with zero attached hydrogens (tertiary/aromatic N) is 3. The van der Waals surface area contributed by atoms with Crippen LogP contribution in [-0.2, 0) is 10.3 Å². The number of aromatic nitrogens is 3. The molecule has 0 atom stereocenters. The molecule has 0 unspecified atom stereocenters. The van der Waals surface area contributed by atoms with Gasteiger partial charge in [0, 0.05) is 6.54 Å². The molecule has 0 aliphatic carbocycles. The Kier molecular flexibility index (Phi) is 3.77. The summed E-state index contributed by atoms with van der Waals surface area (Å²) in [7, 11) is 0. The molecular weight excluding hydrogens is 301 g/mol. The molecule has 1 heterocycles. The highest BCUT2D eigenvalue weighted by Crippen LogP contribution is 2.40. The van der Waals surface area contributed by atoms with Gasteiger partial charge in [0.05, 0.1) is 0 Å². The highest BCUT2D eigenvalue weighted by Gasteiger charge is 2.33. The summed E-state index contributed by atoms with van der Waals surface area (Å²) in [6, 6.07) is 5.98. The van der Waals surface area contributed by atoms with Crippen molar-refractivity contribution in [3.8, 4) is 5.69 Å². The van der Waals surface area contributed by atoms with E-state index in [9.17, 15) is 4.39 Å². The molecule has 0 aliphatic heterocycles. The van der Waals surface area contributed by atoms with Crippen LogP contribution in [0.3, 0.4) is 0 Å². The fourth-order valence-electron chi connectivity index (χ4n) is 1.53. The predicted octanol–water partition coefficient (Wildman–Crippen LogP) is 2.69. The van der Waals surface area contributed by atoms with Crippen LogP contribution in [-0.4, -0.2) is 15.0 Å². The van der Waals surface area contributed by atoms with E-state index in [1.165, 1.54) is 12.1 Å². The molecule has 18 heavy (non-hydrogen) atoms. The second kappa shape index (κ2) is 5.01. The minimum absolute atomic E-state index is 0.0394. The molecule has 2 N–H and O–H groups in total. The Labute approximate surface area is 117 Å². The average molecular weight is 310 g/mol. The maximum Gasteiger partial charge on any atom is 0.234 e. The third-order valence-electron chi connectivity index (χ3n) is 2.28. The van der Waals surface area contributed by atoms with Crippen molar-refractivity contribution in [1.82, 2.24) is 15.0 Å². The van der Waals surface area contributed by atoms with Crippen LogP contribution >= 0.6 is 34.8 Å². The van der Waals surface area contributed by atoms with Crippen molar-refractivity contribution >= 4 is 34.8 Å². The van der Waals surface area contributed by atoms with Gasteiger partial charge in [-0.1, -0.05) is 52.1 Å². The van der Waals surface area contributed by atoms with Crippen LogP contribution in [0.25, 0.3) is 5.69 Å². The largest absolute Gasteiger partial charge is 0.325 e. The van der Waals surface area contributed by atoms with Gasteiger partial charge < -0.3 is 5.73 Å². The average Bonchev–Trinajstić information content (AvgIpc) is 2.73. The summed E-state index contributed by atoms with van der Waals surface area (Å²) >= 11 is 17.5. The minimum Gasteiger partial charge on any atom is -0.325 e. The molecule has 4 nitrogen and oxygen atoms in total. The van der Waals surface area contributed by atoms with E-state index in [4.69, 9.17) is 40.5 Å². The van der Waals surface area contributed by atoms with E-state index in [0.717, 1.165) is 4.68 Å². The van der Waals surface area contributed by atoms with Gasteiger partial charge in [-0.15, -0.1) is 5.10 Å². The van der Waals surface area contributed by atoms with Crippen molar-refractivity contribution in [2.75, 3.05) is 0 Å². The van der Waals surface area contributed by atoms with Crippen molar-refractivity contribution < 1.29 is 4.39 Å². The first-order valence-electron chi connectivity index (χ1n) is 4.92. The predicted molar refractivity (Wildman–Crippen MR) is 68.4 cm³/mol. The van der Waals surface area contributed by atoms with Crippen LogP contribution in [0.2, 0.25) is 0 Å². The Morgan fingerprint density at radius 3 is 2.50 bits per heavy atom. The number of rotatable bonds is 2. The first-order valence-corrected chi connectivity index (χ1v) is 6.05. The monoisotopic (exact) mass is 308 g/mol. The van der Waals surface area contributed by atoms with Gasteiger partial charge in [-0.2, -0.15) is 0 Å². The molecule has 2 aromatic rings. The molecular formula is C10H8Cl3FN4. The van der Waals surface area contributed by atoms with Crippen molar-refractivity contribution in [2.45, 2.75) is 10.3 Å². The Bertz CT molecular complexity index is 564. The summed E-state index contributed by atoms with van der Waals surface area (Å²) in [5, 5.41) is 7.56. The van der Waals surface area contributed by atoms with Gasteiger partial charge in [0.15, 0.2) is 0 Å². The minimum atomic E-state index is -1.79. The number of hydrogen-bond acceptors (Lipinski definition) is 3. The molecule has 2 rings (SSSR count). The quantitative estimate of drug-likeness (QED) is 0.868. The highest BCUT2D eigenvalue weighted by molar-refractivity contribution is 6.66. The van der Waals surface area contributed by atoms with E-state index in [2.05, 4.69) is 10.3 Å². The lowest BCUT2D eigenvalue weighted by Crippen LogP contribution is -2.15. The normalized spacial score (nSPS) is 11.8. The van der Waals surface area contributed by atoms with Gasteiger partial charge in [0.25, 0.3) is 0 Å². The topological polar surface area (TPSA) is 56.7 Å². The van der Waals surface area contributed by atoms with E-state index in [1.807, 2.05) is 0 Å². The molecule has 8 heteroatoms. The van der Waals surface area contributed by atoms with Gasteiger partial charge in [-0.3, -0.25) is 0 Å². The SMILES string of the molecule is NCc1nnn(-c2ccccc2F)c1C(Cl)(Cl)Cl. The first-order chi connectivity index (χ1) is 8.45. The van der Waals surface area contributed by atoms with Crippen LogP contribution in [0.15, 0.2) is 24.3 Å². The zero-order valence-corrected chi connectivity index (χ0v) is 11.2. The summed E-state index contributed by atoms with van der Waals surface area (Å²) in [5.74, 6) is -0.499. The molecule has 1 aromatic carbocycles. The Morgan fingerprint density at radius 1 is 1.28 bits per heavy atom. The molecule has 0 radical (unpaired) electrons. The summed E-state index contributed by atoms with van der Waals surface area (Å²) in [6.07, 6.45) is 0. The first kappa shape index (κ1) is 13.5. The number of alkyl halides is 3. The molecule has 0 bridgehead atoms. The lowest BCUT2D eigenvalue weighted by Gasteiger charge is -2.14. The third kappa shape index (κ3) is 2.44. The van der Waals surface area contributed by atoms with Crippen molar-refractivity contribution in [3.63, 3.8) is 0 Å². The lowest BCUT2D eigenvalue weighted by atomic mass is 10.3. The zero-order chi connectivity index (χ0) is 13.3. The fourth-order valence-corrected chi connectivity index (χ4v) is 2.09. The second-order valence-corrected chi connectivity index (χ2v) is 5.73. The van der Waals surface area contributed by atoms with Crippen LogP contribution < -0.4 is 5.73 Å². The summed E-state index contributed by atoms with van der Waals surface area (Å²) in [6.45, 7) is 0.0394. The smallest absolute Gasteiger partial charge is 0.234 e. The van der Waals surface area contributed by atoms with Gasteiger partial charge in [0.1, 0.15) is 22.9 Å². The Balaban J connectivity index is 2.66.